The lowest BCUT2D eigenvalue weighted by Crippen LogP contribution is -2.50. The molecule has 1 N–H and O–H groups in total. The molecule has 0 heterocycles. The number of halogens is 5. The van der Waals surface area contributed by atoms with Crippen LogP contribution in [-0.2, 0) is 38.8 Å². The average molecular weight is 659 g/mol. The van der Waals surface area contributed by atoms with Gasteiger partial charge in [-0.3, -0.25) is 13.9 Å². The van der Waals surface area contributed by atoms with Crippen LogP contribution in [0.3, 0.4) is 0 Å². The molecule has 232 valence electrons. The number of benzene rings is 3. The Balaban J connectivity index is 1.90. The molecule has 3 aromatic carbocycles. The van der Waals surface area contributed by atoms with Crippen molar-refractivity contribution in [2.75, 3.05) is 23.7 Å². The second-order valence-electron chi connectivity index (χ2n) is 9.86. The summed E-state index contributed by atoms with van der Waals surface area (Å²) in [5.74, 6) is -0.822. The summed E-state index contributed by atoms with van der Waals surface area (Å²) in [6, 6.07) is 17.1. The van der Waals surface area contributed by atoms with Crippen LogP contribution in [0.1, 0.15) is 36.5 Å². The Labute approximate surface area is 259 Å². The Morgan fingerprint density at radius 3 is 2.23 bits per heavy atom. The van der Waals surface area contributed by atoms with Crippen LogP contribution in [0.2, 0.25) is 10.0 Å². The van der Waals surface area contributed by atoms with Crippen molar-refractivity contribution in [1.82, 2.24) is 10.2 Å². The molecule has 0 fully saturated rings. The zero-order chi connectivity index (χ0) is 31.8. The first kappa shape index (κ1) is 34.2. The Hall–Kier alpha value is -3.28. The summed E-state index contributed by atoms with van der Waals surface area (Å²) in [6.07, 6.45) is -3.77. The quantitative estimate of drug-likeness (QED) is 0.233. The molecule has 0 unspecified atom stereocenters. The van der Waals surface area contributed by atoms with Gasteiger partial charge in [0.1, 0.15) is 6.04 Å². The smallest absolute Gasteiger partial charge is 0.355 e. The maximum atomic E-state index is 13.8. The number of nitrogens with one attached hydrogen (secondary N) is 1. The highest BCUT2D eigenvalue weighted by atomic mass is 35.5. The average Bonchev–Trinajstić information content (AvgIpc) is 2.94. The van der Waals surface area contributed by atoms with Crippen LogP contribution in [0.5, 0.6) is 0 Å². The van der Waals surface area contributed by atoms with E-state index in [1.54, 1.807) is 25.1 Å². The van der Waals surface area contributed by atoms with E-state index in [1.165, 1.54) is 11.0 Å². The van der Waals surface area contributed by atoms with Crippen molar-refractivity contribution in [3.8, 4) is 0 Å². The Kier molecular flexibility index (Phi) is 11.9. The Morgan fingerprint density at radius 2 is 1.63 bits per heavy atom. The summed E-state index contributed by atoms with van der Waals surface area (Å²) in [5, 5.41) is 3.38. The monoisotopic (exact) mass is 657 g/mol. The van der Waals surface area contributed by atoms with E-state index in [-0.39, 0.29) is 49.0 Å². The molecule has 0 saturated heterocycles. The number of hydrogen-bond donors (Lipinski definition) is 1. The second-order valence-corrected chi connectivity index (χ2v) is 12.6. The third-order valence-corrected chi connectivity index (χ3v) is 8.51. The van der Waals surface area contributed by atoms with Crippen LogP contribution < -0.4 is 9.62 Å². The summed E-state index contributed by atoms with van der Waals surface area (Å²) in [6.45, 7) is 1.85. The highest BCUT2D eigenvalue weighted by molar-refractivity contribution is 7.92. The van der Waals surface area contributed by atoms with Gasteiger partial charge in [-0.2, -0.15) is 13.2 Å². The lowest BCUT2D eigenvalue weighted by Gasteiger charge is -2.32. The number of carbonyl (C=O) groups excluding carboxylic acids is 2. The fourth-order valence-electron chi connectivity index (χ4n) is 4.52. The van der Waals surface area contributed by atoms with Crippen LogP contribution >= 0.6 is 23.2 Å². The maximum absolute atomic E-state index is 13.8. The topological polar surface area (TPSA) is 86.8 Å². The summed E-state index contributed by atoms with van der Waals surface area (Å²) in [5.41, 5.74) is 0.278. The molecule has 3 aromatic rings. The molecule has 13 heteroatoms. The minimum Gasteiger partial charge on any atom is -0.355 e. The van der Waals surface area contributed by atoms with Crippen molar-refractivity contribution >= 4 is 50.7 Å². The van der Waals surface area contributed by atoms with E-state index in [9.17, 15) is 31.2 Å². The first-order valence-corrected chi connectivity index (χ1v) is 16.0. The molecular formula is C30H32Cl2F3N3O4S. The molecule has 0 aliphatic heterocycles. The fraction of sp³-hybridized carbons (Fsp3) is 0.333. The predicted octanol–water partition coefficient (Wildman–Crippen LogP) is 6.33. The molecule has 3 rings (SSSR count). The molecule has 0 aliphatic carbocycles. The Bertz CT molecular complexity index is 1520. The van der Waals surface area contributed by atoms with Gasteiger partial charge in [-0.05, 0) is 54.8 Å². The zero-order valence-electron chi connectivity index (χ0n) is 23.6. The number of carbonyl (C=O) groups is 2. The van der Waals surface area contributed by atoms with Gasteiger partial charge in [-0.15, -0.1) is 0 Å². The van der Waals surface area contributed by atoms with E-state index >= 15 is 0 Å². The molecular weight excluding hydrogens is 626 g/mol. The predicted molar refractivity (Wildman–Crippen MR) is 162 cm³/mol. The SMILES string of the molecule is CCNC(=O)[C@H](Cc1ccccc1)N(Cc1ccc(Cl)c(Cl)c1)C(=O)CCCN(c1cccc(C(F)(F)F)c1)S(C)(=O)=O. The molecule has 0 aliphatic rings. The van der Waals surface area contributed by atoms with Gasteiger partial charge in [0.2, 0.25) is 21.8 Å². The van der Waals surface area contributed by atoms with E-state index in [4.69, 9.17) is 23.2 Å². The van der Waals surface area contributed by atoms with Crippen LogP contribution in [-0.4, -0.2) is 50.5 Å². The van der Waals surface area contributed by atoms with Crippen LogP contribution in [0, 0.1) is 0 Å². The van der Waals surface area contributed by atoms with Gasteiger partial charge in [0.15, 0.2) is 0 Å². The number of likely N-dealkylation sites (N-methyl/N-ethyl adjacent to an activating group) is 1. The zero-order valence-corrected chi connectivity index (χ0v) is 25.9. The van der Waals surface area contributed by atoms with E-state index in [0.717, 1.165) is 34.3 Å². The second kappa shape index (κ2) is 14.9. The molecule has 0 bridgehead atoms. The molecule has 0 radical (unpaired) electrons. The third-order valence-electron chi connectivity index (χ3n) is 6.57. The van der Waals surface area contributed by atoms with Crippen molar-refractivity contribution in [2.45, 2.75) is 44.9 Å². The maximum Gasteiger partial charge on any atom is 0.416 e. The van der Waals surface area contributed by atoms with E-state index in [1.807, 2.05) is 30.3 Å². The van der Waals surface area contributed by atoms with Gasteiger partial charge in [0, 0.05) is 32.5 Å². The van der Waals surface area contributed by atoms with Gasteiger partial charge in [0.05, 0.1) is 27.6 Å². The number of amides is 2. The van der Waals surface area contributed by atoms with Gasteiger partial charge in [-0.1, -0.05) is 65.7 Å². The number of sulfonamides is 1. The minimum absolute atomic E-state index is 0.00771. The number of nitrogens with zero attached hydrogens (tertiary/aromatic N) is 2. The van der Waals surface area contributed by atoms with Crippen LogP contribution in [0.25, 0.3) is 0 Å². The lowest BCUT2D eigenvalue weighted by atomic mass is 10.0. The molecule has 0 spiro atoms. The minimum atomic E-state index is -4.66. The van der Waals surface area contributed by atoms with E-state index in [0.29, 0.717) is 17.1 Å². The molecule has 43 heavy (non-hydrogen) atoms. The number of hydrogen-bond acceptors (Lipinski definition) is 4. The van der Waals surface area contributed by atoms with Crippen molar-refractivity contribution in [3.05, 3.63) is 99.5 Å². The van der Waals surface area contributed by atoms with E-state index in [2.05, 4.69) is 5.32 Å². The molecule has 7 nitrogen and oxygen atoms in total. The standard InChI is InChI=1S/C30H32Cl2F3N3O4S/c1-3-36-29(40)27(18-21-9-5-4-6-10-21)37(20-22-14-15-25(31)26(32)17-22)28(39)13-8-16-38(43(2,41)42)24-12-7-11-23(19-24)30(33,34)35/h4-7,9-12,14-15,17,19,27H,3,8,13,16,18,20H2,1-2H3,(H,36,40)/t27-/m0/s1. The fourth-order valence-corrected chi connectivity index (χ4v) is 5.80. The molecule has 0 saturated carbocycles. The van der Waals surface area contributed by atoms with Gasteiger partial charge < -0.3 is 10.2 Å². The van der Waals surface area contributed by atoms with Crippen molar-refractivity contribution in [1.29, 1.82) is 0 Å². The number of anilines is 1. The highest BCUT2D eigenvalue weighted by Gasteiger charge is 2.32. The first-order valence-electron chi connectivity index (χ1n) is 13.4. The number of alkyl halides is 3. The van der Waals surface area contributed by atoms with Gasteiger partial charge in [-0.25, -0.2) is 8.42 Å². The number of rotatable bonds is 13. The van der Waals surface area contributed by atoms with Crippen LogP contribution in [0.4, 0.5) is 18.9 Å². The summed E-state index contributed by atoms with van der Waals surface area (Å²) in [4.78, 5) is 28.5. The third kappa shape index (κ3) is 9.87. The molecule has 2 amide bonds. The van der Waals surface area contributed by atoms with Crippen molar-refractivity contribution in [3.63, 3.8) is 0 Å². The summed E-state index contributed by atoms with van der Waals surface area (Å²) in [7, 11) is -3.98. The van der Waals surface area contributed by atoms with Gasteiger partial charge >= 0.3 is 6.18 Å². The van der Waals surface area contributed by atoms with Crippen molar-refractivity contribution in [2.24, 2.45) is 0 Å². The molecule has 0 aromatic heterocycles. The summed E-state index contributed by atoms with van der Waals surface area (Å²) >= 11 is 12.3. The van der Waals surface area contributed by atoms with Crippen molar-refractivity contribution < 1.29 is 31.2 Å². The highest BCUT2D eigenvalue weighted by Crippen LogP contribution is 2.32. The molecule has 1 atom stereocenters. The lowest BCUT2D eigenvalue weighted by molar-refractivity contribution is -0.141. The largest absolute Gasteiger partial charge is 0.416 e. The summed E-state index contributed by atoms with van der Waals surface area (Å²) < 4.78 is 65.8. The first-order chi connectivity index (χ1) is 20.2. The Morgan fingerprint density at radius 1 is 0.930 bits per heavy atom. The van der Waals surface area contributed by atoms with Gasteiger partial charge in [0.25, 0.3) is 0 Å². The van der Waals surface area contributed by atoms with E-state index < -0.39 is 33.7 Å². The normalized spacial score (nSPS) is 12.4. The van der Waals surface area contributed by atoms with Crippen LogP contribution in [0.15, 0.2) is 72.8 Å².